The molecule has 3 aliphatic heterocycles. The van der Waals surface area contributed by atoms with E-state index >= 15 is 0 Å². The minimum atomic E-state index is -0.689. The molecule has 2 aromatic carbocycles. The zero-order valence-corrected chi connectivity index (χ0v) is 24.0. The van der Waals surface area contributed by atoms with E-state index in [0.717, 1.165) is 51.1 Å². The molecular weight excluding hydrogens is 586 g/mol. The van der Waals surface area contributed by atoms with Gasteiger partial charge >= 0.3 is 4.87 Å². The largest absolute Gasteiger partial charge is 0.341 e. The molecule has 0 spiro atoms. The summed E-state index contributed by atoms with van der Waals surface area (Å²) in [6, 6.07) is 15.1. The Balaban J connectivity index is 1.44. The van der Waals surface area contributed by atoms with Crippen molar-refractivity contribution in [3.8, 4) is 0 Å². The predicted molar refractivity (Wildman–Crippen MR) is 152 cm³/mol. The minimum Gasteiger partial charge on any atom is -0.341 e. The average molecular weight is 613 g/mol. The number of halogens is 1. The number of likely N-dealkylation sites (tertiary alicyclic amines) is 1. The molecule has 38 heavy (non-hydrogen) atoms. The van der Waals surface area contributed by atoms with E-state index in [0.29, 0.717) is 23.8 Å². The number of imide groups is 1. The molecule has 0 bridgehead atoms. The van der Waals surface area contributed by atoms with Crippen molar-refractivity contribution < 1.29 is 14.4 Å². The highest BCUT2D eigenvalue weighted by Crippen LogP contribution is 2.54. The number of thiazole rings is 1. The summed E-state index contributed by atoms with van der Waals surface area (Å²) in [7, 11) is 0. The number of piperidine rings is 1. The first-order chi connectivity index (χ1) is 18.3. The molecule has 196 valence electrons. The van der Waals surface area contributed by atoms with Gasteiger partial charge in [-0.2, -0.15) is 0 Å². The Hall–Kier alpha value is -2.69. The molecule has 2 saturated heterocycles. The number of anilines is 1. The summed E-state index contributed by atoms with van der Waals surface area (Å²) < 4.78 is 2.38. The Kier molecular flexibility index (Phi) is 6.82. The molecule has 10 heteroatoms. The van der Waals surface area contributed by atoms with Crippen LogP contribution in [0.2, 0.25) is 0 Å². The van der Waals surface area contributed by atoms with Crippen molar-refractivity contribution in [3.63, 3.8) is 0 Å². The number of hydrogen-bond donors (Lipinski definition) is 0. The number of fused-ring (bicyclic) bond motifs is 2. The molecular formula is C28H26BrN3O4S2. The highest BCUT2D eigenvalue weighted by Gasteiger charge is 2.56. The number of benzene rings is 2. The molecule has 3 atom stereocenters. The molecule has 0 saturated carbocycles. The molecule has 3 amide bonds. The monoisotopic (exact) mass is 611 g/mol. The van der Waals surface area contributed by atoms with Crippen LogP contribution in [0.4, 0.5) is 5.69 Å². The van der Waals surface area contributed by atoms with Crippen molar-refractivity contribution in [3.05, 3.63) is 78.7 Å². The first kappa shape index (κ1) is 25.6. The highest BCUT2D eigenvalue weighted by molar-refractivity contribution is 9.10. The molecule has 1 aromatic heterocycles. The molecule has 0 N–H and O–H groups in total. The normalized spacial score (nSPS) is 22.9. The number of rotatable bonds is 4. The van der Waals surface area contributed by atoms with Crippen LogP contribution in [0.1, 0.15) is 41.2 Å². The van der Waals surface area contributed by atoms with Gasteiger partial charge in [0.05, 0.1) is 16.6 Å². The van der Waals surface area contributed by atoms with Crippen molar-refractivity contribution >= 4 is 62.4 Å². The van der Waals surface area contributed by atoms with Crippen molar-refractivity contribution in [2.24, 2.45) is 5.92 Å². The smallest absolute Gasteiger partial charge is 0.308 e. The van der Waals surface area contributed by atoms with Gasteiger partial charge in [-0.1, -0.05) is 68.9 Å². The lowest BCUT2D eigenvalue weighted by Gasteiger charge is -2.31. The Morgan fingerprint density at radius 2 is 1.74 bits per heavy atom. The van der Waals surface area contributed by atoms with Gasteiger partial charge in [-0.05, 0) is 56.0 Å². The Bertz CT molecular complexity index is 1490. The van der Waals surface area contributed by atoms with Gasteiger partial charge in [0, 0.05) is 28.4 Å². The van der Waals surface area contributed by atoms with Crippen molar-refractivity contribution in [2.75, 3.05) is 18.0 Å². The van der Waals surface area contributed by atoms with Gasteiger partial charge in [0.15, 0.2) is 0 Å². The van der Waals surface area contributed by atoms with E-state index in [1.165, 1.54) is 21.2 Å². The first-order valence-electron chi connectivity index (χ1n) is 12.7. The van der Waals surface area contributed by atoms with Crippen LogP contribution in [0.25, 0.3) is 0 Å². The second kappa shape index (κ2) is 10.1. The standard InChI is InChI=1S/C28H26BrN3O4S2/c1-16-8-10-19(11-9-16)32-25(34)22-21(17-6-5-7-18(29)14-17)24-27(37-23(22)26(32)35)31(28(36)38-24)15-20(33)30-12-3-2-4-13-30/h5-11,14,21-23H,2-4,12-13,15H2,1H3/t21-,22?,23?/m1/s1. The van der Waals surface area contributed by atoms with Crippen LogP contribution in [0, 0.1) is 12.8 Å². The van der Waals surface area contributed by atoms with Gasteiger partial charge in [0.2, 0.25) is 17.7 Å². The van der Waals surface area contributed by atoms with Crippen LogP contribution in [0.3, 0.4) is 0 Å². The number of thioether (sulfide) groups is 1. The van der Waals surface area contributed by atoms with Crippen LogP contribution >= 0.6 is 39.0 Å². The Labute approximate surface area is 236 Å². The van der Waals surface area contributed by atoms with Gasteiger partial charge < -0.3 is 4.90 Å². The average Bonchev–Trinajstić information content (AvgIpc) is 3.36. The lowest BCUT2D eigenvalue weighted by atomic mass is 9.83. The predicted octanol–water partition coefficient (Wildman–Crippen LogP) is 4.79. The molecule has 0 radical (unpaired) electrons. The van der Waals surface area contributed by atoms with E-state index in [1.54, 1.807) is 12.1 Å². The molecule has 7 nitrogen and oxygen atoms in total. The third-order valence-corrected chi connectivity index (χ3v) is 10.6. The van der Waals surface area contributed by atoms with E-state index in [2.05, 4.69) is 15.9 Å². The van der Waals surface area contributed by atoms with E-state index in [9.17, 15) is 19.2 Å². The van der Waals surface area contributed by atoms with Gasteiger partial charge in [-0.3, -0.25) is 23.7 Å². The quantitative estimate of drug-likeness (QED) is 0.396. The third kappa shape index (κ3) is 4.36. The Morgan fingerprint density at radius 1 is 1.00 bits per heavy atom. The van der Waals surface area contributed by atoms with Crippen LogP contribution in [-0.2, 0) is 20.9 Å². The van der Waals surface area contributed by atoms with Crippen LogP contribution in [-0.4, -0.2) is 45.5 Å². The number of hydrogen-bond acceptors (Lipinski definition) is 6. The second-order valence-electron chi connectivity index (χ2n) is 10.0. The molecule has 2 unspecified atom stereocenters. The molecule has 0 aliphatic carbocycles. The summed E-state index contributed by atoms with van der Waals surface area (Å²) in [6.45, 7) is 3.32. The Morgan fingerprint density at radius 3 is 2.45 bits per heavy atom. The maximum absolute atomic E-state index is 13.9. The van der Waals surface area contributed by atoms with Gasteiger partial charge in [-0.15, -0.1) is 0 Å². The van der Waals surface area contributed by atoms with Gasteiger partial charge in [-0.25, -0.2) is 4.90 Å². The fourth-order valence-electron chi connectivity index (χ4n) is 5.64. The molecule has 6 rings (SSSR count). The zero-order valence-electron chi connectivity index (χ0n) is 20.8. The zero-order chi connectivity index (χ0) is 26.6. The minimum absolute atomic E-state index is 0.0515. The summed E-state index contributed by atoms with van der Waals surface area (Å²) in [5.74, 6) is -1.75. The van der Waals surface area contributed by atoms with Crippen molar-refractivity contribution in [1.82, 2.24) is 9.47 Å². The van der Waals surface area contributed by atoms with E-state index < -0.39 is 17.1 Å². The van der Waals surface area contributed by atoms with Crippen LogP contribution in [0.5, 0.6) is 0 Å². The fraction of sp³-hybridized carbons (Fsp3) is 0.357. The van der Waals surface area contributed by atoms with E-state index in [1.807, 2.05) is 48.2 Å². The maximum atomic E-state index is 13.9. The number of carbonyl (C=O) groups excluding carboxylic acids is 3. The third-order valence-electron chi connectivity index (χ3n) is 7.55. The topological polar surface area (TPSA) is 79.7 Å². The van der Waals surface area contributed by atoms with E-state index in [4.69, 9.17) is 0 Å². The number of carbonyl (C=O) groups is 3. The summed E-state index contributed by atoms with van der Waals surface area (Å²) in [5, 5.41) is -0.0610. The first-order valence-corrected chi connectivity index (χ1v) is 15.2. The summed E-state index contributed by atoms with van der Waals surface area (Å²) >= 11 is 5.88. The van der Waals surface area contributed by atoms with Crippen molar-refractivity contribution in [1.29, 1.82) is 0 Å². The summed E-state index contributed by atoms with van der Waals surface area (Å²) in [6.07, 6.45) is 3.05. The highest BCUT2D eigenvalue weighted by atomic mass is 79.9. The number of nitrogens with zero attached hydrogens (tertiary/aromatic N) is 3. The second-order valence-corrected chi connectivity index (χ2v) is 13.0. The molecule has 3 aliphatic rings. The van der Waals surface area contributed by atoms with Crippen molar-refractivity contribution in [2.45, 2.75) is 48.9 Å². The molecule has 3 aromatic rings. The van der Waals surface area contributed by atoms with Gasteiger partial charge in [0.1, 0.15) is 11.8 Å². The molecule has 2 fully saturated rings. The maximum Gasteiger partial charge on any atom is 0.308 e. The molecule has 4 heterocycles. The lowest BCUT2D eigenvalue weighted by molar-refractivity contribution is -0.133. The summed E-state index contributed by atoms with van der Waals surface area (Å²) in [4.78, 5) is 57.8. The number of aryl methyl sites for hydroxylation is 1. The summed E-state index contributed by atoms with van der Waals surface area (Å²) in [5.41, 5.74) is 2.45. The number of amides is 3. The van der Waals surface area contributed by atoms with E-state index in [-0.39, 0.29) is 29.1 Å². The van der Waals surface area contributed by atoms with Crippen LogP contribution < -0.4 is 9.77 Å². The number of aromatic nitrogens is 1. The lowest BCUT2D eigenvalue weighted by Crippen LogP contribution is -2.39. The van der Waals surface area contributed by atoms with Gasteiger partial charge in [0.25, 0.3) is 0 Å². The van der Waals surface area contributed by atoms with Crippen LogP contribution in [0.15, 0.2) is 62.8 Å². The fourth-order valence-corrected chi connectivity index (χ4v) is 8.83. The SMILES string of the molecule is Cc1ccc(N2C(=O)C3Sc4c(sc(=O)n4CC(=O)N4CCCCC4)[C@H](c4cccc(Br)c4)C3C2=O)cc1.